The lowest BCUT2D eigenvalue weighted by atomic mass is 9.80. The van der Waals surface area contributed by atoms with Crippen molar-refractivity contribution in [1.82, 2.24) is 9.88 Å². The van der Waals surface area contributed by atoms with Crippen LogP contribution < -0.4 is 14.8 Å². The second-order valence-corrected chi connectivity index (χ2v) is 8.85. The number of rotatable bonds is 5. The first kappa shape index (κ1) is 21.5. The van der Waals surface area contributed by atoms with E-state index in [1.807, 2.05) is 29.3 Å². The van der Waals surface area contributed by atoms with Gasteiger partial charge in [-0.25, -0.2) is 9.78 Å². The fourth-order valence-corrected chi connectivity index (χ4v) is 5.04. The summed E-state index contributed by atoms with van der Waals surface area (Å²) >= 11 is 8.05. The molecule has 2 amide bonds. The highest BCUT2D eigenvalue weighted by Crippen LogP contribution is 2.43. The SMILES string of the molecule is COc1ccc(OC)c(NC(=O)N2CCC(c3ccc(C)c(Cl)c3)(c3nccs3)C2)c1. The summed E-state index contributed by atoms with van der Waals surface area (Å²) in [5.41, 5.74) is 2.28. The van der Waals surface area contributed by atoms with Crippen LogP contribution in [-0.2, 0) is 5.41 Å². The van der Waals surface area contributed by atoms with Gasteiger partial charge in [0.15, 0.2) is 0 Å². The highest BCUT2D eigenvalue weighted by Gasteiger charge is 2.45. The van der Waals surface area contributed by atoms with Gasteiger partial charge in [0.2, 0.25) is 0 Å². The Bertz CT molecular complexity index is 1090. The average molecular weight is 458 g/mol. The molecule has 0 bridgehead atoms. The number of hydrogen-bond acceptors (Lipinski definition) is 5. The molecular weight excluding hydrogens is 434 g/mol. The molecule has 4 rings (SSSR count). The minimum atomic E-state index is -0.388. The largest absolute Gasteiger partial charge is 0.497 e. The van der Waals surface area contributed by atoms with E-state index in [1.54, 1.807) is 50.0 Å². The molecule has 0 radical (unpaired) electrons. The summed E-state index contributed by atoms with van der Waals surface area (Å²) in [4.78, 5) is 19.6. The molecule has 8 heteroatoms. The normalized spacial score (nSPS) is 18.1. The summed E-state index contributed by atoms with van der Waals surface area (Å²) in [6.45, 7) is 3.10. The Labute approximate surface area is 190 Å². The molecule has 1 unspecified atom stereocenters. The van der Waals surface area contributed by atoms with Crippen LogP contribution in [0.2, 0.25) is 5.02 Å². The van der Waals surface area contributed by atoms with Crippen molar-refractivity contribution < 1.29 is 14.3 Å². The minimum Gasteiger partial charge on any atom is -0.497 e. The Morgan fingerprint density at radius 1 is 1.23 bits per heavy atom. The predicted molar refractivity (Wildman–Crippen MR) is 124 cm³/mol. The third-order valence-corrected chi connectivity index (χ3v) is 7.16. The van der Waals surface area contributed by atoms with E-state index < -0.39 is 0 Å². The Morgan fingerprint density at radius 2 is 2.06 bits per heavy atom. The molecule has 31 heavy (non-hydrogen) atoms. The van der Waals surface area contributed by atoms with Crippen molar-refractivity contribution in [2.75, 3.05) is 32.6 Å². The molecule has 162 valence electrons. The molecule has 1 aliphatic heterocycles. The van der Waals surface area contributed by atoms with Crippen molar-refractivity contribution in [1.29, 1.82) is 0 Å². The van der Waals surface area contributed by atoms with Crippen molar-refractivity contribution >= 4 is 34.7 Å². The number of carbonyl (C=O) groups excluding carboxylic acids is 1. The summed E-state index contributed by atoms with van der Waals surface area (Å²) in [5.74, 6) is 1.22. The Kier molecular flexibility index (Phi) is 6.07. The van der Waals surface area contributed by atoms with Gasteiger partial charge < -0.3 is 19.7 Å². The van der Waals surface area contributed by atoms with E-state index in [4.69, 9.17) is 21.1 Å². The summed E-state index contributed by atoms with van der Waals surface area (Å²) < 4.78 is 10.7. The van der Waals surface area contributed by atoms with Crippen molar-refractivity contribution in [3.8, 4) is 11.5 Å². The van der Waals surface area contributed by atoms with Crippen LogP contribution in [0.5, 0.6) is 11.5 Å². The Hall–Kier alpha value is -2.77. The van der Waals surface area contributed by atoms with Crippen molar-refractivity contribution in [3.63, 3.8) is 0 Å². The zero-order valence-corrected chi connectivity index (χ0v) is 19.2. The molecule has 3 aromatic rings. The summed E-state index contributed by atoms with van der Waals surface area (Å²) in [5, 5.41) is 6.65. The van der Waals surface area contributed by atoms with Gasteiger partial charge in [0, 0.05) is 35.8 Å². The first-order chi connectivity index (χ1) is 15.0. The maximum atomic E-state index is 13.2. The number of hydrogen-bond donors (Lipinski definition) is 1. The van der Waals surface area contributed by atoms with E-state index in [-0.39, 0.29) is 11.4 Å². The Morgan fingerprint density at radius 3 is 2.74 bits per heavy atom. The van der Waals surface area contributed by atoms with E-state index in [0.29, 0.717) is 30.3 Å². The van der Waals surface area contributed by atoms with Gasteiger partial charge in [0.05, 0.1) is 25.3 Å². The van der Waals surface area contributed by atoms with Crippen molar-refractivity contribution in [3.05, 3.63) is 69.1 Å². The number of carbonyl (C=O) groups is 1. The number of aromatic nitrogens is 1. The molecule has 6 nitrogen and oxygen atoms in total. The predicted octanol–water partition coefficient (Wildman–Crippen LogP) is 5.35. The molecule has 0 spiro atoms. The number of amides is 2. The number of likely N-dealkylation sites (tertiary alicyclic amines) is 1. The average Bonchev–Trinajstić information content (AvgIpc) is 3.46. The maximum Gasteiger partial charge on any atom is 0.321 e. The summed E-state index contributed by atoms with van der Waals surface area (Å²) in [7, 11) is 3.16. The topological polar surface area (TPSA) is 63.7 Å². The van der Waals surface area contributed by atoms with E-state index in [2.05, 4.69) is 16.4 Å². The van der Waals surface area contributed by atoms with E-state index in [1.165, 1.54) is 0 Å². The van der Waals surface area contributed by atoms with Crippen molar-refractivity contribution in [2.24, 2.45) is 0 Å². The van der Waals surface area contributed by atoms with Gasteiger partial charge in [0.25, 0.3) is 0 Å². The number of anilines is 1. The first-order valence-electron chi connectivity index (χ1n) is 9.91. The molecule has 0 aliphatic carbocycles. The second kappa shape index (κ2) is 8.77. The van der Waals surface area contributed by atoms with E-state index in [9.17, 15) is 4.79 Å². The van der Waals surface area contributed by atoms with Crippen LogP contribution in [-0.4, -0.2) is 43.2 Å². The van der Waals surface area contributed by atoms with Crippen LogP contribution in [0, 0.1) is 6.92 Å². The molecular formula is C23H24ClN3O3S. The number of benzene rings is 2. The summed E-state index contributed by atoms with van der Waals surface area (Å²) in [6.07, 6.45) is 2.57. The van der Waals surface area contributed by atoms with Crippen LogP contribution in [0.3, 0.4) is 0 Å². The number of aryl methyl sites for hydroxylation is 1. The zero-order valence-electron chi connectivity index (χ0n) is 17.6. The fraction of sp³-hybridized carbons (Fsp3) is 0.304. The van der Waals surface area contributed by atoms with Gasteiger partial charge >= 0.3 is 6.03 Å². The number of methoxy groups -OCH3 is 2. The van der Waals surface area contributed by atoms with Crippen LogP contribution in [0.25, 0.3) is 0 Å². The smallest absolute Gasteiger partial charge is 0.321 e. The maximum absolute atomic E-state index is 13.2. The third-order valence-electron chi connectivity index (χ3n) is 5.77. The number of ether oxygens (including phenoxy) is 2. The lowest BCUT2D eigenvalue weighted by Gasteiger charge is -2.28. The third kappa shape index (κ3) is 4.07. The van der Waals surface area contributed by atoms with Crippen LogP contribution in [0.1, 0.15) is 22.6 Å². The number of urea groups is 1. The van der Waals surface area contributed by atoms with Crippen LogP contribution in [0.15, 0.2) is 48.0 Å². The molecule has 1 N–H and O–H groups in total. The zero-order chi connectivity index (χ0) is 22.0. The molecule has 2 aromatic carbocycles. The van der Waals surface area contributed by atoms with Gasteiger partial charge in [-0.05, 0) is 42.7 Å². The number of nitrogens with one attached hydrogen (secondary N) is 1. The summed E-state index contributed by atoms with van der Waals surface area (Å²) in [6, 6.07) is 11.2. The monoisotopic (exact) mass is 457 g/mol. The second-order valence-electron chi connectivity index (χ2n) is 7.55. The Balaban J connectivity index is 1.62. The first-order valence-corrected chi connectivity index (χ1v) is 11.2. The highest BCUT2D eigenvalue weighted by molar-refractivity contribution is 7.09. The van der Waals surface area contributed by atoms with Gasteiger partial charge in [-0.1, -0.05) is 23.7 Å². The minimum absolute atomic E-state index is 0.191. The molecule has 1 aromatic heterocycles. The van der Waals surface area contributed by atoms with Crippen molar-refractivity contribution in [2.45, 2.75) is 18.8 Å². The number of halogens is 1. The molecule has 1 aliphatic rings. The molecule has 1 atom stereocenters. The number of nitrogens with zero attached hydrogens (tertiary/aromatic N) is 2. The van der Waals surface area contributed by atoms with Gasteiger partial charge in [-0.15, -0.1) is 11.3 Å². The molecule has 2 heterocycles. The molecule has 1 saturated heterocycles. The number of thiazole rings is 1. The lowest BCUT2D eigenvalue weighted by molar-refractivity contribution is 0.220. The van der Waals surface area contributed by atoms with Gasteiger partial charge in [-0.3, -0.25) is 0 Å². The van der Waals surface area contributed by atoms with Gasteiger partial charge in [0.1, 0.15) is 16.5 Å². The standard InChI is InChI=1S/C23H24ClN3O3S/c1-15-4-5-16(12-18(15)24)23(21-25-9-11-31-21)8-10-27(14-23)22(28)26-19-13-17(29-2)6-7-20(19)30-3/h4-7,9,11-13H,8,10,14H2,1-3H3,(H,26,28). The highest BCUT2D eigenvalue weighted by atomic mass is 35.5. The lowest BCUT2D eigenvalue weighted by Crippen LogP contribution is -2.37. The van der Waals surface area contributed by atoms with E-state index >= 15 is 0 Å². The quantitative estimate of drug-likeness (QED) is 0.561. The van der Waals surface area contributed by atoms with Gasteiger partial charge in [-0.2, -0.15) is 0 Å². The molecule has 1 fully saturated rings. The van der Waals surface area contributed by atoms with E-state index in [0.717, 1.165) is 27.6 Å². The molecule has 0 saturated carbocycles. The van der Waals surface area contributed by atoms with Crippen LogP contribution >= 0.6 is 22.9 Å². The fourth-order valence-electron chi connectivity index (χ4n) is 3.97. The van der Waals surface area contributed by atoms with Crippen LogP contribution in [0.4, 0.5) is 10.5 Å².